The number of amides is 1. The largest absolute Gasteiger partial charge is 0.360 e. The van der Waals surface area contributed by atoms with Crippen LogP contribution in [0.2, 0.25) is 0 Å². The molecule has 0 radical (unpaired) electrons. The van der Waals surface area contributed by atoms with Crippen molar-refractivity contribution in [2.45, 2.75) is 19.0 Å². The van der Waals surface area contributed by atoms with Crippen LogP contribution in [0.1, 0.15) is 11.3 Å². The Morgan fingerprint density at radius 3 is 2.57 bits per heavy atom. The number of aromatic nitrogens is 4. The normalized spacial score (nSPS) is 11.1. The molecular weight excluding hydrogens is 502 g/mol. The molecule has 5 aromatic rings. The van der Waals surface area contributed by atoms with Crippen LogP contribution in [0.15, 0.2) is 75.1 Å². The van der Waals surface area contributed by atoms with E-state index in [4.69, 9.17) is 21.7 Å². The molecule has 5 rings (SSSR count). The van der Waals surface area contributed by atoms with Crippen LogP contribution in [0.25, 0.3) is 21.7 Å². The monoisotopic (exact) mass is 521 g/mol. The van der Waals surface area contributed by atoms with Crippen molar-refractivity contribution in [3.63, 3.8) is 0 Å². The fourth-order valence-corrected chi connectivity index (χ4v) is 5.69. The fourth-order valence-electron chi connectivity index (χ4n) is 3.60. The van der Waals surface area contributed by atoms with Crippen molar-refractivity contribution in [3.05, 3.63) is 86.3 Å². The number of hydrogen-bond donors (Lipinski definition) is 1. The number of carbonyl (C=O) groups excluding carboxylic acids is 1. The first kappa shape index (κ1) is 23.2. The molecule has 0 aliphatic heterocycles. The van der Waals surface area contributed by atoms with Crippen LogP contribution in [-0.4, -0.2) is 30.9 Å². The van der Waals surface area contributed by atoms with Gasteiger partial charge >= 0.3 is 0 Å². The molecule has 11 heteroatoms. The maximum Gasteiger partial charge on any atom is 0.278 e. The summed E-state index contributed by atoms with van der Waals surface area (Å²) in [6.45, 7) is 3.73. The van der Waals surface area contributed by atoms with Gasteiger partial charge < -0.3 is 9.84 Å². The van der Waals surface area contributed by atoms with Crippen molar-refractivity contribution in [2.75, 3.05) is 11.1 Å². The Morgan fingerprint density at radius 1 is 1.11 bits per heavy atom. The molecule has 3 heterocycles. The van der Waals surface area contributed by atoms with Gasteiger partial charge in [0.25, 0.3) is 5.56 Å². The molecule has 8 nitrogen and oxygen atoms in total. The number of benzene rings is 2. The van der Waals surface area contributed by atoms with E-state index in [-0.39, 0.29) is 17.2 Å². The highest BCUT2D eigenvalue weighted by molar-refractivity contribution is 7.99. The van der Waals surface area contributed by atoms with Gasteiger partial charge in [-0.05, 0) is 49.8 Å². The fraction of sp³-hybridized carbons (Fsp3) is 0.125. The molecule has 0 atom stereocenters. The minimum absolute atomic E-state index is 0.0198. The third-order valence-corrected chi connectivity index (χ3v) is 7.47. The molecule has 176 valence electrons. The third-order valence-electron chi connectivity index (χ3n) is 5.18. The molecule has 0 spiro atoms. The quantitative estimate of drug-likeness (QED) is 0.184. The van der Waals surface area contributed by atoms with Crippen molar-refractivity contribution in [1.29, 1.82) is 0 Å². The number of thiazole rings is 1. The first-order valence-electron chi connectivity index (χ1n) is 10.6. The van der Waals surface area contributed by atoms with E-state index in [1.807, 2.05) is 66.1 Å². The average Bonchev–Trinajstić information content (AvgIpc) is 3.40. The molecule has 0 unspecified atom stereocenters. The highest BCUT2D eigenvalue weighted by Gasteiger charge is 2.20. The van der Waals surface area contributed by atoms with E-state index in [9.17, 15) is 9.59 Å². The number of para-hydroxylation sites is 2. The lowest BCUT2D eigenvalue weighted by molar-refractivity contribution is -0.113. The van der Waals surface area contributed by atoms with Crippen molar-refractivity contribution >= 4 is 57.4 Å². The summed E-state index contributed by atoms with van der Waals surface area (Å²) in [5.41, 5.74) is 2.77. The van der Waals surface area contributed by atoms with E-state index < -0.39 is 0 Å². The van der Waals surface area contributed by atoms with Gasteiger partial charge in [0.1, 0.15) is 10.5 Å². The van der Waals surface area contributed by atoms with Crippen LogP contribution in [0.3, 0.4) is 0 Å². The van der Waals surface area contributed by atoms with E-state index in [1.54, 1.807) is 13.0 Å². The number of aryl methyl sites for hydroxylation is 2. The van der Waals surface area contributed by atoms with Gasteiger partial charge in [0.15, 0.2) is 20.6 Å². The van der Waals surface area contributed by atoms with E-state index in [1.165, 1.54) is 15.9 Å². The van der Waals surface area contributed by atoms with Crippen molar-refractivity contribution in [2.24, 2.45) is 0 Å². The Morgan fingerprint density at radius 2 is 1.86 bits per heavy atom. The SMILES string of the molecule is Cc1cc(NC(=O)CSc2nc3c(sc(=S)n3-c3ccccc3C)c(=O)n2-c2ccccc2)no1. The molecule has 0 saturated carbocycles. The minimum Gasteiger partial charge on any atom is -0.360 e. The molecule has 0 bridgehead atoms. The number of fused-ring (bicyclic) bond motifs is 1. The van der Waals surface area contributed by atoms with Gasteiger partial charge in [-0.25, -0.2) is 4.98 Å². The standard InChI is InChI=1S/C24H19N5O3S3/c1-14-8-6-7-11-17(14)29-21-20(35-24(29)33)22(31)28(16-9-4-3-5-10-16)23(26-21)34-13-19(30)25-18-12-15(2)32-27-18/h3-12H,13H2,1-2H3,(H,25,27,30). The van der Waals surface area contributed by atoms with Crippen LogP contribution >= 0.6 is 35.3 Å². The molecule has 0 fully saturated rings. The summed E-state index contributed by atoms with van der Waals surface area (Å²) >= 11 is 8.04. The Balaban J connectivity index is 1.62. The lowest BCUT2D eigenvalue weighted by Crippen LogP contribution is -2.22. The van der Waals surface area contributed by atoms with Crippen LogP contribution in [-0.2, 0) is 4.79 Å². The second kappa shape index (κ2) is 9.61. The van der Waals surface area contributed by atoms with E-state index in [0.717, 1.165) is 23.0 Å². The summed E-state index contributed by atoms with van der Waals surface area (Å²) in [6, 6.07) is 18.7. The van der Waals surface area contributed by atoms with Gasteiger partial charge in [-0.2, -0.15) is 0 Å². The van der Waals surface area contributed by atoms with Crippen LogP contribution in [0, 0.1) is 17.8 Å². The average molecular weight is 522 g/mol. The van der Waals surface area contributed by atoms with E-state index >= 15 is 0 Å². The number of nitrogens with zero attached hydrogens (tertiary/aromatic N) is 4. The van der Waals surface area contributed by atoms with Crippen molar-refractivity contribution in [1.82, 2.24) is 19.3 Å². The molecule has 0 aliphatic carbocycles. The number of carbonyl (C=O) groups is 1. The Hall–Kier alpha value is -3.54. The van der Waals surface area contributed by atoms with Gasteiger partial charge in [0.05, 0.1) is 17.1 Å². The number of rotatable bonds is 6. The predicted molar refractivity (Wildman–Crippen MR) is 141 cm³/mol. The van der Waals surface area contributed by atoms with Crippen LogP contribution in [0.5, 0.6) is 0 Å². The summed E-state index contributed by atoms with van der Waals surface area (Å²) in [7, 11) is 0. The zero-order chi connectivity index (χ0) is 24.5. The number of anilines is 1. The Labute approximate surface area is 213 Å². The van der Waals surface area contributed by atoms with Gasteiger partial charge in [0.2, 0.25) is 5.91 Å². The van der Waals surface area contributed by atoms with E-state index in [2.05, 4.69) is 10.5 Å². The number of thioether (sulfide) groups is 1. The summed E-state index contributed by atoms with van der Waals surface area (Å²) in [5, 5.41) is 6.86. The molecule has 0 saturated heterocycles. The first-order valence-corrected chi connectivity index (χ1v) is 12.8. The maximum absolute atomic E-state index is 13.7. The molecule has 2 aromatic carbocycles. The lowest BCUT2D eigenvalue weighted by Gasteiger charge is -2.13. The van der Waals surface area contributed by atoms with Crippen molar-refractivity contribution in [3.8, 4) is 11.4 Å². The lowest BCUT2D eigenvalue weighted by atomic mass is 10.2. The summed E-state index contributed by atoms with van der Waals surface area (Å²) < 4.78 is 9.32. The predicted octanol–water partition coefficient (Wildman–Crippen LogP) is 5.30. The molecular formula is C24H19N5O3S3. The Bertz CT molecular complexity index is 1670. The zero-order valence-corrected chi connectivity index (χ0v) is 21.2. The second-order valence-electron chi connectivity index (χ2n) is 7.67. The third kappa shape index (κ3) is 4.57. The highest BCUT2D eigenvalue weighted by Crippen LogP contribution is 2.28. The van der Waals surface area contributed by atoms with Crippen molar-refractivity contribution < 1.29 is 9.32 Å². The molecule has 0 aliphatic rings. The molecule has 1 N–H and O–H groups in total. The van der Waals surface area contributed by atoms with Gasteiger partial charge in [-0.15, -0.1) is 0 Å². The number of nitrogens with one attached hydrogen (secondary N) is 1. The van der Waals surface area contributed by atoms with Crippen LogP contribution in [0.4, 0.5) is 5.82 Å². The minimum atomic E-state index is -0.293. The zero-order valence-electron chi connectivity index (χ0n) is 18.7. The maximum atomic E-state index is 13.7. The molecule has 35 heavy (non-hydrogen) atoms. The van der Waals surface area contributed by atoms with Gasteiger partial charge in [0, 0.05) is 6.07 Å². The molecule has 3 aromatic heterocycles. The summed E-state index contributed by atoms with van der Waals surface area (Å²) in [4.78, 5) is 31.1. The van der Waals surface area contributed by atoms with Gasteiger partial charge in [-0.1, -0.05) is 64.7 Å². The van der Waals surface area contributed by atoms with Gasteiger partial charge in [-0.3, -0.25) is 18.7 Å². The first-order chi connectivity index (χ1) is 16.9. The Kier molecular flexibility index (Phi) is 6.37. The number of hydrogen-bond acceptors (Lipinski definition) is 8. The smallest absolute Gasteiger partial charge is 0.278 e. The molecule has 1 amide bonds. The van der Waals surface area contributed by atoms with Crippen LogP contribution < -0.4 is 10.9 Å². The second-order valence-corrected chi connectivity index (χ2v) is 10.3. The summed E-state index contributed by atoms with van der Waals surface area (Å²) in [6.07, 6.45) is 0. The summed E-state index contributed by atoms with van der Waals surface area (Å²) in [5.74, 6) is 0.656. The van der Waals surface area contributed by atoms with E-state index in [0.29, 0.717) is 36.7 Å². The highest BCUT2D eigenvalue weighted by atomic mass is 32.2. The topological polar surface area (TPSA) is 95.0 Å².